The van der Waals surface area contributed by atoms with E-state index in [1.54, 1.807) is 0 Å². The molecule has 0 spiro atoms. The molecule has 96 valence electrons. The fourth-order valence-corrected chi connectivity index (χ4v) is 0.302. The fourth-order valence-electron chi connectivity index (χ4n) is 0.302. The zero-order valence-corrected chi connectivity index (χ0v) is 12.3. The zero-order chi connectivity index (χ0) is 12.7. The maximum Gasteiger partial charge on any atom is 0.316 e. The number of allylic oxidation sites excluding steroid dienone is 2. The van der Waals surface area contributed by atoms with E-state index in [9.17, 15) is 0 Å². The average Bonchev–Trinajstić information content (AvgIpc) is 2.16. The molecule has 0 amide bonds. The molecule has 4 nitrogen and oxygen atoms in total. The van der Waals surface area contributed by atoms with Gasteiger partial charge in [-0.15, -0.1) is 0 Å². The van der Waals surface area contributed by atoms with Gasteiger partial charge in [0.2, 0.25) is 0 Å². The van der Waals surface area contributed by atoms with Crippen LogP contribution >= 0.6 is 0 Å². The summed E-state index contributed by atoms with van der Waals surface area (Å²) in [6.45, 7) is 7.50. The molecule has 0 unspecified atom stereocenters. The molecule has 0 aliphatic heterocycles. The van der Waals surface area contributed by atoms with Crippen molar-refractivity contribution < 1.29 is 41.8 Å². The van der Waals surface area contributed by atoms with Gasteiger partial charge in [-0.05, 0) is 19.8 Å². The molecule has 0 rings (SSSR count). The molecule has 4 N–H and O–H groups in total. The average molecular weight is 269 g/mol. The van der Waals surface area contributed by atoms with Crippen molar-refractivity contribution >= 4 is 5.78 Å². The van der Waals surface area contributed by atoms with Crippen molar-refractivity contribution in [2.24, 2.45) is 0 Å². The van der Waals surface area contributed by atoms with Crippen LogP contribution in [0.15, 0.2) is 11.8 Å². The zero-order valence-electron chi connectivity index (χ0n) is 10.7. The Morgan fingerprint density at radius 2 is 1.31 bits per heavy atom. The van der Waals surface area contributed by atoms with Crippen molar-refractivity contribution in [3.8, 4) is 0 Å². The molecule has 0 atom stereocenters. The van der Waals surface area contributed by atoms with Crippen LogP contribution in [-0.4, -0.2) is 39.1 Å². The van der Waals surface area contributed by atoms with Crippen LogP contribution in [0, 0.1) is 0 Å². The SMILES string of the molecule is CC(=[OH+])/C=C(/C)O.CCCO.CCCO.[Ti]. The van der Waals surface area contributed by atoms with E-state index in [2.05, 4.69) is 0 Å². The Hall–Kier alpha value is -0.156. The van der Waals surface area contributed by atoms with Gasteiger partial charge >= 0.3 is 5.78 Å². The molecule has 16 heavy (non-hydrogen) atoms. The van der Waals surface area contributed by atoms with Gasteiger partial charge in [0.15, 0.2) is 0 Å². The van der Waals surface area contributed by atoms with Crippen molar-refractivity contribution in [1.29, 1.82) is 0 Å². The summed E-state index contributed by atoms with van der Waals surface area (Å²) in [5.41, 5.74) is 0. The quantitative estimate of drug-likeness (QED) is 0.316. The molecule has 0 aromatic heterocycles. The van der Waals surface area contributed by atoms with Crippen LogP contribution < -0.4 is 0 Å². The Labute approximate surface area is 113 Å². The third-order valence-electron chi connectivity index (χ3n) is 0.865. The van der Waals surface area contributed by atoms with Gasteiger partial charge in [-0.1, -0.05) is 13.8 Å². The van der Waals surface area contributed by atoms with E-state index in [0.29, 0.717) is 13.2 Å². The number of hydrogen-bond donors (Lipinski definition) is 3. The number of hydrogen-bond acceptors (Lipinski definition) is 3. The van der Waals surface area contributed by atoms with Crippen molar-refractivity contribution in [3.05, 3.63) is 11.8 Å². The standard InChI is InChI=1S/C5H8O2.2C3H8O.Ti/c1-4(6)3-5(2)7;2*1-2-3-4;/h3,6H,1-2H3;2*4H,2-3H2,1H3;/p+1/b4-3-;;;. The Bertz CT molecular complexity index is 146. The van der Waals surface area contributed by atoms with Crippen molar-refractivity contribution in [3.63, 3.8) is 0 Å². The molecule has 0 heterocycles. The van der Waals surface area contributed by atoms with E-state index in [0.717, 1.165) is 12.8 Å². The summed E-state index contributed by atoms with van der Waals surface area (Å²) in [6, 6.07) is 0. The molecular formula is C11H25O4Ti+. The third kappa shape index (κ3) is 66.9. The summed E-state index contributed by atoms with van der Waals surface area (Å²) in [5.74, 6) is 0.250. The summed E-state index contributed by atoms with van der Waals surface area (Å²) < 4.78 is 0. The van der Waals surface area contributed by atoms with Crippen LogP contribution in [-0.2, 0) is 21.7 Å². The number of carbonyl (C=O) groups excluding carboxylic acids is 1. The van der Waals surface area contributed by atoms with Gasteiger partial charge in [0.1, 0.15) is 0 Å². The van der Waals surface area contributed by atoms with Gasteiger partial charge in [-0.3, -0.25) is 4.79 Å². The molecule has 0 aromatic rings. The number of aliphatic hydroxyl groups is 3. The second-order valence-electron chi connectivity index (χ2n) is 2.87. The minimum atomic E-state index is 0. The molecule has 0 saturated heterocycles. The van der Waals surface area contributed by atoms with Crippen LogP contribution in [0.2, 0.25) is 0 Å². The van der Waals surface area contributed by atoms with Crippen LogP contribution in [0.5, 0.6) is 0 Å². The number of rotatable bonds is 3. The van der Waals surface area contributed by atoms with Gasteiger partial charge in [0.25, 0.3) is 0 Å². The predicted molar refractivity (Wildman–Crippen MR) is 63.8 cm³/mol. The second-order valence-corrected chi connectivity index (χ2v) is 2.87. The maximum atomic E-state index is 8.40. The Morgan fingerprint density at radius 3 is 1.31 bits per heavy atom. The third-order valence-corrected chi connectivity index (χ3v) is 0.865. The molecule has 5 heteroatoms. The molecule has 0 bridgehead atoms. The van der Waals surface area contributed by atoms with Gasteiger partial charge in [-0.25, -0.2) is 0 Å². The van der Waals surface area contributed by atoms with Crippen molar-refractivity contribution in [2.75, 3.05) is 13.2 Å². The maximum absolute atomic E-state index is 8.40. The van der Waals surface area contributed by atoms with E-state index in [1.807, 2.05) is 13.8 Å². The number of ketones is 1. The first-order valence-corrected chi connectivity index (χ1v) is 5.07. The largest absolute Gasteiger partial charge is 0.512 e. The molecule has 0 radical (unpaired) electrons. The minimum Gasteiger partial charge on any atom is -0.512 e. The number of aliphatic hydroxyl groups excluding tert-OH is 3. The Kier molecular flexibility index (Phi) is 37.6. The first kappa shape index (κ1) is 24.9. The molecule has 0 fully saturated rings. The smallest absolute Gasteiger partial charge is 0.316 e. The van der Waals surface area contributed by atoms with Gasteiger partial charge in [0.05, 0.1) is 18.8 Å². The summed E-state index contributed by atoms with van der Waals surface area (Å²) in [7, 11) is 0. The van der Waals surface area contributed by atoms with E-state index in [4.69, 9.17) is 20.1 Å². The van der Waals surface area contributed by atoms with Crippen molar-refractivity contribution in [1.82, 2.24) is 0 Å². The minimum absolute atomic E-state index is 0. The first-order chi connectivity index (χ1) is 6.95. The fraction of sp³-hybridized carbons (Fsp3) is 0.727. The van der Waals surface area contributed by atoms with Crippen LogP contribution in [0.4, 0.5) is 0 Å². The topological polar surface area (TPSA) is 82.1 Å². The van der Waals surface area contributed by atoms with Crippen LogP contribution in [0.25, 0.3) is 0 Å². The molecule has 0 aromatic carbocycles. The van der Waals surface area contributed by atoms with E-state index in [1.165, 1.54) is 19.9 Å². The summed E-state index contributed by atoms with van der Waals surface area (Å²) in [4.78, 5) is 8.40. The van der Waals surface area contributed by atoms with E-state index >= 15 is 0 Å². The molecular weight excluding hydrogens is 244 g/mol. The van der Waals surface area contributed by atoms with Crippen LogP contribution in [0.3, 0.4) is 0 Å². The Balaban J connectivity index is -0.0000000700. The summed E-state index contributed by atoms with van der Waals surface area (Å²) >= 11 is 0. The summed E-state index contributed by atoms with van der Waals surface area (Å²) in [6.07, 6.45) is 3.03. The molecule has 0 aliphatic carbocycles. The predicted octanol–water partition coefficient (Wildman–Crippen LogP) is 1.79. The summed E-state index contributed by atoms with van der Waals surface area (Å²) in [5, 5.41) is 24.2. The van der Waals surface area contributed by atoms with Gasteiger partial charge < -0.3 is 15.3 Å². The first-order valence-electron chi connectivity index (χ1n) is 5.07. The van der Waals surface area contributed by atoms with Crippen molar-refractivity contribution in [2.45, 2.75) is 40.5 Å². The molecule has 0 aliphatic rings. The van der Waals surface area contributed by atoms with E-state index < -0.39 is 0 Å². The van der Waals surface area contributed by atoms with Gasteiger partial charge in [0, 0.05) is 34.9 Å². The Morgan fingerprint density at radius 1 is 1.06 bits per heavy atom. The van der Waals surface area contributed by atoms with Gasteiger partial charge in [-0.2, -0.15) is 0 Å². The molecule has 0 saturated carbocycles. The monoisotopic (exact) mass is 269 g/mol. The second kappa shape index (κ2) is 24.2. The van der Waals surface area contributed by atoms with Crippen LogP contribution in [0.1, 0.15) is 40.5 Å². The normalized spacial score (nSPS) is 8.75. The van der Waals surface area contributed by atoms with E-state index in [-0.39, 0.29) is 33.3 Å².